The van der Waals surface area contributed by atoms with Gasteiger partial charge >= 0.3 is 0 Å². The fourth-order valence-corrected chi connectivity index (χ4v) is 2.85. The molecule has 142 valence electrons. The number of hydrazone groups is 1. The second-order valence-electron chi connectivity index (χ2n) is 6.19. The van der Waals surface area contributed by atoms with Crippen molar-refractivity contribution >= 4 is 34.9 Å². The molecule has 0 atom stereocenters. The number of anilines is 2. The minimum atomic E-state index is 0.530. The second-order valence-corrected chi connectivity index (χ2v) is 6.60. The summed E-state index contributed by atoms with van der Waals surface area (Å²) in [4.78, 5) is 2.35. The number of nitrogens with one attached hydrogen (secondary N) is 3. The number of thiocarbonyl (C=S) groups is 1. The molecule has 6 nitrogen and oxygen atoms in total. The van der Waals surface area contributed by atoms with Gasteiger partial charge in [0, 0.05) is 37.6 Å². The molecule has 0 unspecified atom stereocenters. The number of hydrogen-bond donors (Lipinski definition) is 3. The summed E-state index contributed by atoms with van der Waals surface area (Å²) in [6.07, 6.45) is 1.75. The van der Waals surface area contributed by atoms with Crippen LogP contribution < -0.4 is 16.1 Å². The number of nitrogens with zero attached hydrogens (tertiary/aromatic N) is 2. The van der Waals surface area contributed by atoms with Gasteiger partial charge in [0.25, 0.3) is 0 Å². The minimum Gasteiger partial charge on any atom is -0.379 e. The number of morpholine rings is 1. The highest BCUT2D eigenvalue weighted by atomic mass is 32.1. The summed E-state index contributed by atoms with van der Waals surface area (Å²) in [6.45, 7) is 5.33. The molecule has 0 aromatic heterocycles. The highest BCUT2D eigenvalue weighted by Crippen LogP contribution is 2.15. The fourth-order valence-electron chi connectivity index (χ4n) is 2.70. The molecule has 7 heteroatoms. The molecule has 0 spiro atoms. The van der Waals surface area contributed by atoms with Crippen molar-refractivity contribution in [3.8, 4) is 0 Å². The van der Waals surface area contributed by atoms with Crippen molar-refractivity contribution in [1.29, 1.82) is 0 Å². The zero-order valence-corrected chi connectivity index (χ0v) is 16.0. The summed E-state index contributed by atoms with van der Waals surface area (Å²) in [5, 5.41) is 11.2. The van der Waals surface area contributed by atoms with E-state index in [0.717, 1.165) is 56.3 Å². The first-order chi connectivity index (χ1) is 13.3. The van der Waals surface area contributed by atoms with Gasteiger partial charge in [-0.3, -0.25) is 10.3 Å². The molecular formula is C20H25N5OS. The normalized spacial score (nSPS) is 14.8. The average Bonchev–Trinajstić information content (AvgIpc) is 2.71. The Kier molecular flexibility index (Phi) is 7.58. The maximum absolute atomic E-state index is 5.34. The standard InChI is InChI=1S/C20H25N5OS/c27-20(21-10-11-25-12-14-26-15-13-25)24-22-16-17-6-8-19(9-7-17)23-18-4-2-1-3-5-18/h1-9,16,23H,10-15H2,(H2,21,24,27)/b22-16-. The molecule has 1 heterocycles. The molecule has 1 fully saturated rings. The number of hydrogen-bond acceptors (Lipinski definition) is 5. The van der Waals surface area contributed by atoms with Crippen LogP contribution in [-0.4, -0.2) is 55.6 Å². The van der Waals surface area contributed by atoms with E-state index in [1.54, 1.807) is 6.21 Å². The lowest BCUT2D eigenvalue weighted by molar-refractivity contribution is 0.0389. The lowest BCUT2D eigenvalue weighted by atomic mass is 10.2. The van der Waals surface area contributed by atoms with E-state index < -0.39 is 0 Å². The third-order valence-electron chi connectivity index (χ3n) is 4.17. The SMILES string of the molecule is S=C(NCCN1CCOCC1)N/N=C\c1ccc(Nc2ccccc2)cc1. The average molecular weight is 384 g/mol. The highest BCUT2D eigenvalue weighted by Gasteiger charge is 2.09. The van der Waals surface area contributed by atoms with Crippen molar-refractivity contribution in [2.24, 2.45) is 5.10 Å². The largest absolute Gasteiger partial charge is 0.379 e. The zero-order chi connectivity index (χ0) is 18.7. The number of para-hydroxylation sites is 1. The smallest absolute Gasteiger partial charge is 0.187 e. The Morgan fingerprint density at radius 3 is 2.48 bits per heavy atom. The fraction of sp³-hybridized carbons (Fsp3) is 0.300. The van der Waals surface area contributed by atoms with Crippen LogP contribution in [0.15, 0.2) is 59.7 Å². The first-order valence-corrected chi connectivity index (χ1v) is 9.49. The Balaban J connectivity index is 1.36. The van der Waals surface area contributed by atoms with Crippen molar-refractivity contribution in [1.82, 2.24) is 15.6 Å². The van der Waals surface area contributed by atoms with Crippen molar-refractivity contribution in [3.63, 3.8) is 0 Å². The van der Waals surface area contributed by atoms with Gasteiger partial charge in [0.1, 0.15) is 0 Å². The van der Waals surface area contributed by atoms with Gasteiger partial charge in [-0.15, -0.1) is 0 Å². The molecule has 0 radical (unpaired) electrons. The lowest BCUT2D eigenvalue weighted by Crippen LogP contribution is -2.42. The highest BCUT2D eigenvalue weighted by molar-refractivity contribution is 7.80. The molecule has 27 heavy (non-hydrogen) atoms. The van der Waals surface area contributed by atoms with E-state index in [1.165, 1.54) is 0 Å². The summed E-state index contributed by atoms with van der Waals surface area (Å²) in [5.41, 5.74) is 5.95. The Morgan fingerprint density at radius 1 is 1.04 bits per heavy atom. The topological polar surface area (TPSA) is 60.9 Å². The van der Waals surface area contributed by atoms with Crippen LogP contribution in [0.3, 0.4) is 0 Å². The van der Waals surface area contributed by atoms with E-state index >= 15 is 0 Å². The number of ether oxygens (including phenoxy) is 1. The van der Waals surface area contributed by atoms with E-state index in [1.807, 2.05) is 54.6 Å². The summed E-state index contributed by atoms with van der Waals surface area (Å²) < 4.78 is 5.34. The predicted molar refractivity (Wildman–Crippen MR) is 115 cm³/mol. The van der Waals surface area contributed by atoms with E-state index in [9.17, 15) is 0 Å². The van der Waals surface area contributed by atoms with Crippen LogP contribution in [0.1, 0.15) is 5.56 Å². The molecule has 2 aromatic rings. The summed E-state index contributed by atoms with van der Waals surface area (Å²) in [5.74, 6) is 0. The van der Waals surface area contributed by atoms with E-state index in [-0.39, 0.29) is 0 Å². The quantitative estimate of drug-likeness (QED) is 0.388. The van der Waals surface area contributed by atoms with Gasteiger partial charge < -0.3 is 15.4 Å². The van der Waals surface area contributed by atoms with Crippen LogP contribution >= 0.6 is 12.2 Å². The van der Waals surface area contributed by atoms with Gasteiger partial charge in [0.2, 0.25) is 0 Å². The van der Waals surface area contributed by atoms with Crippen LogP contribution in [-0.2, 0) is 4.74 Å². The molecule has 0 aliphatic carbocycles. The molecule has 1 saturated heterocycles. The Hall–Kier alpha value is -2.48. The van der Waals surface area contributed by atoms with Gasteiger partial charge in [0.15, 0.2) is 5.11 Å². The maximum atomic E-state index is 5.34. The predicted octanol–water partition coefficient (Wildman–Crippen LogP) is 2.56. The summed E-state index contributed by atoms with van der Waals surface area (Å²) in [6, 6.07) is 18.1. The van der Waals surface area contributed by atoms with Crippen molar-refractivity contribution in [2.75, 3.05) is 44.7 Å². The molecule has 1 aliphatic heterocycles. The third-order valence-corrected chi connectivity index (χ3v) is 4.41. The Morgan fingerprint density at radius 2 is 1.74 bits per heavy atom. The van der Waals surface area contributed by atoms with Crippen LogP contribution in [0.5, 0.6) is 0 Å². The summed E-state index contributed by atoms with van der Waals surface area (Å²) in [7, 11) is 0. The van der Waals surface area contributed by atoms with Crippen LogP contribution in [0.2, 0.25) is 0 Å². The third kappa shape index (κ3) is 6.97. The molecule has 0 saturated carbocycles. The van der Waals surface area contributed by atoms with Gasteiger partial charge in [-0.2, -0.15) is 5.10 Å². The van der Waals surface area contributed by atoms with Crippen molar-refractivity contribution < 1.29 is 4.74 Å². The molecule has 0 amide bonds. The molecule has 3 N–H and O–H groups in total. The first kappa shape index (κ1) is 19.3. The van der Waals surface area contributed by atoms with Crippen LogP contribution in [0, 0.1) is 0 Å². The van der Waals surface area contributed by atoms with E-state index in [0.29, 0.717) is 5.11 Å². The van der Waals surface area contributed by atoms with Gasteiger partial charge in [-0.05, 0) is 42.0 Å². The minimum absolute atomic E-state index is 0.530. The molecule has 2 aromatic carbocycles. The monoisotopic (exact) mass is 383 g/mol. The molecular weight excluding hydrogens is 358 g/mol. The van der Waals surface area contributed by atoms with E-state index in [4.69, 9.17) is 17.0 Å². The van der Waals surface area contributed by atoms with E-state index in [2.05, 4.69) is 26.1 Å². The summed E-state index contributed by atoms with van der Waals surface area (Å²) >= 11 is 5.24. The lowest BCUT2D eigenvalue weighted by Gasteiger charge is -2.26. The Labute approximate surface area is 165 Å². The molecule has 1 aliphatic rings. The van der Waals surface area contributed by atoms with Crippen molar-refractivity contribution in [2.45, 2.75) is 0 Å². The number of benzene rings is 2. The van der Waals surface area contributed by atoms with Crippen LogP contribution in [0.4, 0.5) is 11.4 Å². The maximum Gasteiger partial charge on any atom is 0.187 e. The van der Waals surface area contributed by atoms with Crippen LogP contribution in [0.25, 0.3) is 0 Å². The second kappa shape index (κ2) is 10.6. The number of rotatable bonds is 7. The zero-order valence-electron chi connectivity index (χ0n) is 15.2. The molecule has 3 rings (SSSR count). The van der Waals surface area contributed by atoms with Crippen molar-refractivity contribution in [3.05, 3.63) is 60.2 Å². The van der Waals surface area contributed by atoms with Gasteiger partial charge in [0.05, 0.1) is 19.4 Å². The Bertz CT molecular complexity index is 730. The first-order valence-electron chi connectivity index (χ1n) is 9.09. The molecule has 0 bridgehead atoms. The van der Waals surface area contributed by atoms with Gasteiger partial charge in [-0.1, -0.05) is 30.3 Å². The van der Waals surface area contributed by atoms with Gasteiger partial charge in [-0.25, -0.2) is 0 Å².